The van der Waals surface area contributed by atoms with Crippen LogP contribution in [0.15, 0.2) is 91.0 Å². The average molecular weight is 1790 g/mol. The highest BCUT2D eigenvalue weighted by molar-refractivity contribution is 6.75. The van der Waals surface area contributed by atoms with E-state index < -0.39 is 167 Å². The van der Waals surface area contributed by atoms with E-state index in [2.05, 4.69) is 170 Å². The second kappa shape index (κ2) is 41.7. The van der Waals surface area contributed by atoms with E-state index in [1.807, 2.05) is 133 Å². The molecule has 10 rings (SSSR count). The molecule has 3 aromatic rings. The second-order valence-electron chi connectivity index (χ2n) is 43.2. The van der Waals surface area contributed by atoms with Crippen LogP contribution in [0.5, 0.6) is 0 Å². The first-order valence-electron chi connectivity index (χ1n) is 46.1. The van der Waals surface area contributed by atoms with Crippen LogP contribution in [0.25, 0.3) is 0 Å². The van der Waals surface area contributed by atoms with Gasteiger partial charge >= 0.3 is 11.9 Å². The molecule has 27 heteroatoms. The Hall–Kier alpha value is -3.29. The fraction of sp³-hybridized carbons (Fsp3) is 0.792. The molecule has 0 bridgehead atoms. The van der Waals surface area contributed by atoms with E-state index in [9.17, 15) is 0 Å². The lowest BCUT2D eigenvalue weighted by atomic mass is 9.91. The van der Waals surface area contributed by atoms with Crippen LogP contribution in [0.1, 0.15) is 221 Å². The second-order valence-corrected chi connectivity index (χ2v) is 62.3. The standard InChI is InChI=1S/C96H160O23Si4/c1-32-60(3)72(106-77(97)51-71(118-122(28,29)93(16,17)18)50-73(61(4)33-2)107-87-64(7)81(119-123(30,31)94(19,20)21)76(109-87)57-104-120(24,25)91(10,11)12)49-70(117-121(26,27)92(13,14)15)52-78(98)110-79-62(5)74(55-100-65(79)8)108-89-84-83(114-95(22,23)115-84)82(66(9)105-89)112-86-63(6)80(75(56-102-86)101-54-68-45-39-35-40-46-68)111-90-85-96(59-103-90,58-99-53-67-43-37-34-38-44-67)116-88(113-85)69-47-41-36-42-48-69/h34-48,60-66,70-76,79-90H,32-33,49-59H2,1-31H3/t60-,61-,62?,63?,64?,65?,66?,70-,71-,72-,73-,74?,75+,76-,79+,80?,81?,82-,83?,84?,85?,86-,87+,88-,89-,90-,96-/m0/s1. The predicted molar refractivity (Wildman–Crippen MR) is 484 cm³/mol. The van der Waals surface area contributed by atoms with Crippen LogP contribution in [-0.4, -0.2) is 212 Å². The largest absolute Gasteiger partial charge is 0.462 e. The van der Waals surface area contributed by atoms with Gasteiger partial charge in [-0.3, -0.25) is 9.59 Å². The number of benzene rings is 3. The molecule has 698 valence electrons. The highest BCUT2D eigenvalue weighted by Crippen LogP contribution is 2.50. The Balaban J connectivity index is 0.818. The smallest absolute Gasteiger partial charge is 0.308 e. The Bertz CT molecular complexity index is 3760. The molecule has 11 unspecified atom stereocenters. The first-order chi connectivity index (χ1) is 57.3. The lowest BCUT2D eigenvalue weighted by Gasteiger charge is -2.47. The van der Waals surface area contributed by atoms with Gasteiger partial charge in [0.25, 0.3) is 0 Å². The number of esters is 2. The van der Waals surface area contributed by atoms with E-state index in [0.717, 1.165) is 23.1 Å². The van der Waals surface area contributed by atoms with Crippen molar-refractivity contribution in [3.63, 3.8) is 0 Å². The molecule has 0 N–H and O–H groups in total. The molecule has 7 aliphatic heterocycles. The molecule has 0 aliphatic carbocycles. The van der Waals surface area contributed by atoms with Crippen LogP contribution in [0.4, 0.5) is 0 Å². The summed E-state index contributed by atoms with van der Waals surface area (Å²) in [7, 11) is -9.59. The summed E-state index contributed by atoms with van der Waals surface area (Å²) in [5.74, 6) is -2.89. The molecular weight excluding hydrogens is 1630 g/mol. The van der Waals surface area contributed by atoms with E-state index in [-0.39, 0.29) is 114 Å². The summed E-state index contributed by atoms with van der Waals surface area (Å²) in [4.78, 5) is 30.3. The van der Waals surface area contributed by atoms with Crippen LogP contribution in [0.2, 0.25) is 72.5 Å². The highest BCUT2D eigenvalue weighted by atomic mass is 28.4. The van der Waals surface area contributed by atoms with Crippen molar-refractivity contribution < 1.29 is 108 Å². The quantitative estimate of drug-likeness (QED) is 0.0382. The summed E-state index contributed by atoms with van der Waals surface area (Å²) < 4.78 is 145. The van der Waals surface area contributed by atoms with Crippen molar-refractivity contribution in [2.75, 3.05) is 33.0 Å². The molecule has 7 aliphatic rings. The van der Waals surface area contributed by atoms with Gasteiger partial charge in [-0.05, 0) is 130 Å². The van der Waals surface area contributed by atoms with Gasteiger partial charge in [-0.2, -0.15) is 0 Å². The van der Waals surface area contributed by atoms with Gasteiger partial charge in [0, 0.05) is 29.7 Å². The number of hydrogen-bond donors (Lipinski definition) is 0. The van der Waals surface area contributed by atoms with Crippen molar-refractivity contribution in [1.29, 1.82) is 0 Å². The Morgan fingerprint density at radius 2 is 1.02 bits per heavy atom. The molecule has 0 radical (unpaired) electrons. The van der Waals surface area contributed by atoms with Crippen LogP contribution in [-0.2, 0) is 121 Å². The summed E-state index contributed by atoms with van der Waals surface area (Å²) in [6.45, 7) is 69.0. The van der Waals surface area contributed by atoms with Gasteiger partial charge in [-0.15, -0.1) is 0 Å². The van der Waals surface area contributed by atoms with Crippen molar-refractivity contribution in [2.24, 2.45) is 29.6 Å². The molecular formula is C96H160O23Si4. The van der Waals surface area contributed by atoms with Gasteiger partial charge in [0.2, 0.25) is 0 Å². The van der Waals surface area contributed by atoms with Gasteiger partial charge in [-0.1, -0.05) is 235 Å². The van der Waals surface area contributed by atoms with E-state index >= 15 is 9.59 Å². The number of carbonyl (C=O) groups is 2. The van der Waals surface area contributed by atoms with Gasteiger partial charge in [-0.25, -0.2) is 0 Å². The fourth-order valence-corrected chi connectivity index (χ4v) is 21.5. The number of hydrogen-bond acceptors (Lipinski definition) is 23. The molecule has 7 fully saturated rings. The molecule has 23 nitrogen and oxygen atoms in total. The number of ether oxygens (including phenoxy) is 17. The van der Waals surface area contributed by atoms with Gasteiger partial charge in [0.05, 0.1) is 108 Å². The topological polar surface area (TPSA) is 228 Å². The fourth-order valence-electron chi connectivity index (χ4n) is 16.4. The van der Waals surface area contributed by atoms with Crippen molar-refractivity contribution in [1.82, 2.24) is 0 Å². The van der Waals surface area contributed by atoms with Crippen molar-refractivity contribution in [3.8, 4) is 0 Å². The highest BCUT2D eigenvalue weighted by Gasteiger charge is 2.63. The zero-order chi connectivity index (χ0) is 90.5. The van der Waals surface area contributed by atoms with E-state index in [0.29, 0.717) is 32.7 Å². The molecule has 7 heterocycles. The van der Waals surface area contributed by atoms with Crippen molar-refractivity contribution >= 4 is 45.2 Å². The van der Waals surface area contributed by atoms with Crippen LogP contribution >= 0.6 is 0 Å². The van der Waals surface area contributed by atoms with Gasteiger partial charge < -0.3 is 98.2 Å². The summed E-state index contributed by atoms with van der Waals surface area (Å²) in [5.41, 5.74) is 1.90. The zero-order valence-electron chi connectivity index (χ0n) is 80.8. The molecule has 27 atom stereocenters. The third-order valence-corrected chi connectivity index (χ3v) is 47.0. The Labute approximate surface area is 743 Å². The molecule has 123 heavy (non-hydrogen) atoms. The lowest BCUT2D eigenvalue weighted by molar-refractivity contribution is -0.344. The summed E-state index contributed by atoms with van der Waals surface area (Å²) in [6.07, 6.45) is -11.1. The molecule has 0 spiro atoms. The predicted octanol–water partition coefficient (Wildman–Crippen LogP) is 19.9. The molecule has 0 aromatic heterocycles. The average Bonchev–Trinajstić information content (AvgIpc) is 1.61. The van der Waals surface area contributed by atoms with Crippen LogP contribution in [0, 0.1) is 29.6 Å². The Morgan fingerprint density at radius 1 is 0.504 bits per heavy atom. The number of carbonyl (C=O) groups excluding carboxylic acids is 2. The molecule has 0 amide bonds. The minimum absolute atomic E-state index is 0.000794. The minimum Gasteiger partial charge on any atom is -0.462 e. The molecule has 7 saturated heterocycles. The first kappa shape index (κ1) is 102. The molecule has 3 aromatic carbocycles. The summed E-state index contributed by atoms with van der Waals surface area (Å²) in [6, 6.07) is 29.9. The SMILES string of the molecule is CC[C@H](C)[C@H](C[C@@H](CC(=O)O[C@H]1C(C)OCC(O[C@@H]2OC(C)[C@H](O[C@@H]3OC[C@@H](OCc4ccccc4)C(O[C@@H]4OC[C@]5(COCc6ccccc6)O[C@@H](c6ccccc6)OC45)C3C)C3OC(C)(C)OC32)C1C)O[Si](C)(C)C(C)(C)C)OC(=O)C[C@H](C[C@H](O[C@@H]1O[C@@H](CO[Si](C)(C)C(C)(C)C)C(O[Si](C)(C)C(C)(C)C)C1C)[C@@H](C)CC)O[Si](C)(C)C(C)(C)C. The van der Waals surface area contributed by atoms with Gasteiger partial charge in [0.15, 0.2) is 70.5 Å². The third-order valence-electron chi connectivity index (χ3n) is 29.0. The van der Waals surface area contributed by atoms with Crippen LogP contribution in [0.3, 0.4) is 0 Å². The van der Waals surface area contributed by atoms with E-state index in [1.54, 1.807) is 0 Å². The maximum Gasteiger partial charge on any atom is 0.308 e. The Kier molecular flexibility index (Phi) is 34.5. The normalized spacial score (nSPS) is 32.6. The zero-order valence-corrected chi connectivity index (χ0v) is 84.8. The maximum atomic E-state index is 15.2. The summed E-state index contributed by atoms with van der Waals surface area (Å²) in [5, 5.41) is -0.420. The third kappa shape index (κ3) is 25.7. The minimum atomic E-state index is -2.60. The summed E-state index contributed by atoms with van der Waals surface area (Å²) >= 11 is 0. The monoisotopic (exact) mass is 1790 g/mol. The van der Waals surface area contributed by atoms with Crippen molar-refractivity contribution in [2.45, 2.75) is 424 Å². The molecule has 0 saturated carbocycles. The van der Waals surface area contributed by atoms with Gasteiger partial charge in [0.1, 0.15) is 54.4 Å². The Morgan fingerprint density at radius 3 is 1.60 bits per heavy atom. The number of fused-ring (bicyclic) bond motifs is 2. The lowest BCUT2D eigenvalue weighted by Crippen LogP contribution is -2.61. The van der Waals surface area contributed by atoms with Crippen LogP contribution < -0.4 is 0 Å². The number of rotatable bonds is 39. The van der Waals surface area contributed by atoms with E-state index in [4.69, 9.17) is 98.2 Å². The van der Waals surface area contributed by atoms with Crippen molar-refractivity contribution in [3.05, 3.63) is 108 Å². The van der Waals surface area contributed by atoms with E-state index in [1.165, 1.54) is 0 Å². The maximum absolute atomic E-state index is 15.2. The first-order valence-corrected chi connectivity index (χ1v) is 57.7.